The second kappa shape index (κ2) is 5.55. The number of carboxylic acid groups (broad SMARTS) is 1. The summed E-state index contributed by atoms with van der Waals surface area (Å²) < 4.78 is 5.49. The van der Waals surface area contributed by atoms with Gasteiger partial charge in [0.2, 0.25) is 5.91 Å². The van der Waals surface area contributed by atoms with Gasteiger partial charge in [0.05, 0.1) is 18.9 Å². The van der Waals surface area contributed by atoms with E-state index in [1.165, 1.54) is 0 Å². The zero-order valence-electron chi connectivity index (χ0n) is 13.0. The van der Waals surface area contributed by atoms with Crippen LogP contribution in [0.1, 0.15) is 24.0 Å². The molecular formula is C18H21NO4. The first-order valence-corrected chi connectivity index (χ1v) is 8.37. The largest absolute Gasteiger partial charge is 0.493 e. The van der Waals surface area contributed by atoms with E-state index in [1.807, 2.05) is 18.2 Å². The summed E-state index contributed by atoms with van der Waals surface area (Å²) in [6, 6.07) is 5.91. The fourth-order valence-corrected chi connectivity index (χ4v) is 3.93. The van der Waals surface area contributed by atoms with Gasteiger partial charge in [0.25, 0.3) is 0 Å². The monoisotopic (exact) mass is 315 g/mol. The standard InChI is InChI=1S/C18H21NO4/c20-17(8-11-1-4-16-13(7-11)5-6-23-16)19-9-14(12-2-3-12)15(10-19)18(21)22/h1,4,7,12,14-15H,2-3,5-6,8-10H2,(H,21,22)/t14-,15+/m1/s1. The Labute approximate surface area is 135 Å². The molecule has 1 aromatic rings. The number of carboxylic acids is 1. The summed E-state index contributed by atoms with van der Waals surface area (Å²) in [6.07, 6.45) is 3.46. The van der Waals surface area contributed by atoms with Crippen molar-refractivity contribution in [2.24, 2.45) is 17.8 Å². The molecule has 1 aliphatic carbocycles. The van der Waals surface area contributed by atoms with Gasteiger partial charge in [-0.2, -0.15) is 0 Å². The maximum absolute atomic E-state index is 12.6. The molecule has 1 N–H and O–H groups in total. The SMILES string of the molecule is O=C(O)[C@H]1CN(C(=O)Cc2ccc3c(c2)CCO3)C[C@@H]1C1CC1. The Bertz CT molecular complexity index is 652. The van der Waals surface area contributed by atoms with Crippen molar-refractivity contribution in [1.82, 2.24) is 4.90 Å². The molecule has 5 heteroatoms. The fraction of sp³-hybridized carbons (Fsp3) is 0.556. The minimum absolute atomic E-state index is 0.0401. The van der Waals surface area contributed by atoms with Crippen LogP contribution >= 0.6 is 0 Å². The number of rotatable bonds is 4. The van der Waals surface area contributed by atoms with E-state index in [9.17, 15) is 14.7 Å². The van der Waals surface area contributed by atoms with Crippen LogP contribution < -0.4 is 4.74 Å². The van der Waals surface area contributed by atoms with E-state index in [2.05, 4.69) is 0 Å². The Hall–Kier alpha value is -2.04. The summed E-state index contributed by atoms with van der Waals surface area (Å²) in [4.78, 5) is 25.8. The van der Waals surface area contributed by atoms with Crippen molar-refractivity contribution in [3.8, 4) is 5.75 Å². The second-order valence-corrected chi connectivity index (χ2v) is 6.96. The minimum atomic E-state index is -0.758. The zero-order chi connectivity index (χ0) is 16.0. The first-order chi connectivity index (χ1) is 11.1. The van der Waals surface area contributed by atoms with Gasteiger partial charge in [0.15, 0.2) is 0 Å². The number of amides is 1. The third-order valence-electron chi connectivity index (χ3n) is 5.37. The average Bonchev–Trinajstić information content (AvgIpc) is 3.10. The molecule has 0 radical (unpaired) electrons. The molecule has 2 fully saturated rings. The quantitative estimate of drug-likeness (QED) is 0.919. The Morgan fingerprint density at radius 3 is 2.83 bits per heavy atom. The first-order valence-electron chi connectivity index (χ1n) is 8.37. The predicted octanol–water partition coefficient (Wildman–Crippen LogP) is 1.73. The molecule has 0 unspecified atom stereocenters. The van der Waals surface area contributed by atoms with Gasteiger partial charge >= 0.3 is 5.97 Å². The molecule has 3 aliphatic rings. The van der Waals surface area contributed by atoms with Gasteiger partial charge in [-0.3, -0.25) is 9.59 Å². The van der Waals surface area contributed by atoms with Crippen LogP contribution in [0.25, 0.3) is 0 Å². The summed E-state index contributed by atoms with van der Waals surface area (Å²) >= 11 is 0. The predicted molar refractivity (Wildman–Crippen MR) is 83.3 cm³/mol. The minimum Gasteiger partial charge on any atom is -0.493 e. The Morgan fingerprint density at radius 1 is 1.26 bits per heavy atom. The van der Waals surface area contributed by atoms with Crippen LogP contribution in [0.5, 0.6) is 5.75 Å². The molecule has 122 valence electrons. The number of hydrogen-bond donors (Lipinski definition) is 1. The first kappa shape index (κ1) is 14.5. The van der Waals surface area contributed by atoms with Crippen molar-refractivity contribution < 1.29 is 19.4 Å². The molecule has 2 heterocycles. The maximum atomic E-state index is 12.6. The third-order valence-corrected chi connectivity index (χ3v) is 5.37. The van der Waals surface area contributed by atoms with Gasteiger partial charge in [-0.1, -0.05) is 12.1 Å². The number of carbonyl (C=O) groups excluding carboxylic acids is 1. The Kier molecular flexibility index (Phi) is 3.51. The highest BCUT2D eigenvalue weighted by molar-refractivity contribution is 5.81. The summed E-state index contributed by atoms with van der Waals surface area (Å²) in [5.74, 6) is 0.461. The summed E-state index contributed by atoms with van der Waals surface area (Å²) in [5, 5.41) is 9.40. The number of nitrogens with zero attached hydrogens (tertiary/aromatic N) is 1. The van der Waals surface area contributed by atoms with Crippen molar-refractivity contribution in [2.45, 2.75) is 25.7 Å². The van der Waals surface area contributed by atoms with Gasteiger partial charge < -0.3 is 14.7 Å². The number of likely N-dealkylation sites (tertiary alicyclic amines) is 1. The highest BCUT2D eigenvalue weighted by atomic mass is 16.5. The summed E-state index contributed by atoms with van der Waals surface area (Å²) in [7, 11) is 0. The van der Waals surface area contributed by atoms with E-state index in [0.29, 0.717) is 32.0 Å². The molecule has 1 aromatic carbocycles. The topological polar surface area (TPSA) is 66.8 Å². The van der Waals surface area contributed by atoms with Gasteiger partial charge in [0.1, 0.15) is 5.75 Å². The normalized spacial score (nSPS) is 26.0. The van der Waals surface area contributed by atoms with Crippen molar-refractivity contribution >= 4 is 11.9 Å². The molecule has 2 aliphatic heterocycles. The van der Waals surface area contributed by atoms with Gasteiger partial charge in [0, 0.05) is 19.5 Å². The van der Waals surface area contributed by atoms with E-state index in [1.54, 1.807) is 4.90 Å². The van der Waals surface area contributed by atoms with E-state index in [0.717, 1.165) is 36.1 Å². The molecule has 23 heavy (non-hydrogen) atoms. The molecule has 1 saturated carbocycles. The summed E-state index contributed by atoms with van der Waals surface area (Å²) in [6.45, 7) is 1.68. The molecule has 4 rings (SSSR count). The van der Waals surface area contributed by atoms with Crippen LogP contribution in [-0.4, -0.2) is 41.6 Å². The van der Waals surface area contributed by atoms with E-state index in [4.69, 9.17) is 4.74 Å². The number of ether oxygens (including phenoxy) is 1. The smallest absolute Gasteiger partial charge is 0.308 e. The van der Waals surface area contributed by atoms with Gasteiger partial charge in [-0.05, 0) is 41.9 Å². The molecule has 2 atom stereocenters. The van der Waals surface area contributed by atoms with Crippen LogP contribution in [0.2, 0.25) is 0 Å². The lowest BCUT2D eigenvalue weighted by atomic mass is 9.92. The van der Waals surface area contributed by atoms with E-state index in [-0.39, 0.29) is 17.7 Å². The molecule has 5 nitrogen and oxygen atoms in total. The van der Waals surface area contributed by atoms with Crippen molar-refractivity contribution in [2.75, 3.05) is 19.7 Å². The van der Waals surface area contributed by atoms with Crippen LogP contribution in [-0.2, 0) is 22.4 Å². The van der Waals surface area contributed by atoms with Crippen LogP contribution in [0.4, 0.5) is 0 Å². The molecule has 0 aromatic heterocycles. The highest BCUT2D eigenvalue weighted by Gasteiger charge is 2.46. The van der Waals surface area contributed by atoms with E-state index < -0.39 is 5.97 Å². The molecule has 1 saturated heterocycles. The van der Waals surface area contributed by atoms with E-state index >= 15 is 0 Å². The molecule has 0 bridgehead atoms. The molecule has 0 spiro atoms. The lowest BCUT2D eigenvalue weighted by molar-refractivity contribution is -0.142. The van der Waals surface area contributed by atoms with Gasteiger partial charge in [-0.25, -0.2) is 0 Å². The second-order valence-electron chi connectivity index (χ2n) is 6.96. The van der Waals surface area contributed by atoms with Crippen molar-refractivity contribution in [3.05, 3.63) is 29.3 Å². The lowest BCUT2D eigenvalue weighted by Gasteiger charge is -2.16. The number of fused-ring (bicyclic) bond motifs is 1. The number of hydrogen-bond acceptors (Lipinski definition) is 3. The molecule has 1 amide bonds. The maximum Gasteiger partial charge on any atom is 0.308 e. The Balaban J connectivity index is 1.44. The fourth-order valence-electron chi connectivity index (χ4n) is 3.93. The summed E-state index contributed by atoms with van der Waals surface area (Å²) in [5.41, 5.74) is 2.15. The van der Waals surface area contributed by atoms with Crippen LogP contribution in [0.3, 0.4) is 0 Å². The van der Waals surface area contributed by atoms with Gasteiger partial charge in [-0.15, -0.1) is 0 Å². The average molecular weight is 315 g/mol. The molecular weight excluding hydrogens is 294 g/mol. The van der Waals surface area contributed by atoms with Crippen LogP contribution in [0.15, 0.2) is 18.2 Å². The Morgan fingerprint density at radius 2 is 2.09 bits per heavy atom. The number of benzene rings is 1. The highest BCUT2D eigenvalue weighted by Crippen LogP contribution is 2.44. The third kappa shape index (κ3) is 2.80. The number of carbonyl (C=O) groups is 2. The van der Waals surface area contributed by atoms with Crippen molar-refractivity contribution in [1.29, 1.82) is 0 Å². The lowest BCUT2D eigenvalue weighted by Crippen LogP contribution is -2.31. The zero-order valence-corrected chi connectivity index (χ0v) is 13.0. The van der Waals surface area contributed by atoms with Crippen LogP contribution in [0, 0.1) is 17.8 Å². The van der Waals surface area contributed by atoms with Crippen molar-refractivity contribution in [3.63, 3.8) is 0 Å². The number of aliphatic carboxylic acids is 1.